The van der Waals surface area contributed by atoms with Crippen molar-refractivity contribution in [1.29, 1.82) is 0 Å². The molecular formula is C11H15NO6. The van der Waals surface area contributed by atoms with Gasteiger partial charge in [0.15, 0.2) is 6.10 Å². The smallest absolute Gasteiger partial charge is 0.373 e. The number of amides is 2. The summed E-state index contributed by atoms with van der Waals surface area (Å²) in [6, 6.07) is 0. The third-order valence-electron chi connectivity index (χ3n) is 2.28. The van der Waals surface area contributed by atoms with Crippen LogP contribution in [0.3, 0.4) is 0 Å². The van der Waals surface area contributed by atoms with Crippen molar-refractivity contribution in [3.05, 3.63) is 0 Å². The van der Waals surface area contributed by atoms with Crippen molar-refractivity contribution in [2.75, 3.05) is 0 Å². The van der Waals surface area contributed by atoms with E-state index < -0.39 is 29.9 Å². The summed E-state index contributed by atoms with van der Waals surface area (Å²) < 4.78 is 4.79. The van der Waals surface area contributed by atoms with E-state index in [0.717, 1.165) is 0 Å². The highest BCUT2D eigenvalue weighted by molar-refractivity contribution is 6.01. The number of ether oxygens (including phenoxy) is 1. The maximum atomic E-state index is 11.5. The molecule has 18 heavy (non-hydrogen) atoms. The Morgan fingerprint density at radius 2 is 1.56 bits per heavy atom. The molecule has 1 rings (SSSR count). The van der Waals surface area contributed by atoms with E-state index in [4.69, 9.17) is 4.74 Å². The molecule has 0 aromatic rings. The molecule has 0 N–H and O–H groups in total. The Labute approximate surface area is 104 Å². The van der Waals surface area contributed by atoms with Crippen molar-refractivity contribution in [2.45, 2.75) is 39.7 Å². The van der Waals surface area contributed by atoms with Gasteiger partial charge in [-0.25, -0.2) is 4.79 Å². The van der Waals surface area contributed by atoms with Crippen LogP contribution >= 0.6 is 0 Å². The SMILES string of the molecule is CC(C)C(=O)O[C@@H](C)C(=O)ON1C(=O)CCC1=O. The first kappa shape index (κ1) is 14.1. The van der Waals surface area contributed by atoms with Gasteiger partial charge in [-0.05, 0) is 6.92 Å². The van der Waals surface area contributed by atoms with Crippen LogP contribution < -0.4 is 0 Å². The number of carbonyl (C=O) groups excluding carboxylic acids is 4. The molecule has 1 aliphatic heterocycles. The van der Waals surface area contributed by atoms with Crippen molar-refractivity contribution in [2.24, 2.45) is 5.92 Å². The zero-order chi connectivity index (χ0) is 13.9. The van der Waals surface area contributed by atoms with Gasteiger partial charge in [0.2, 0.25) is 0 Å². The molecular weight excluding hydrogens is 242 g/mol. The minimum absolute atomic E-state index is 0.0201. The second-order valence-corrected chi connectivity index (χ2v) is 4.23. The van der Waals surface area contributed by atoms with Crippen LogP contribution in [0.25, 0.3) is 0 Å². The molecule has 1 fully saturated rings. The predicted octanol–water partition coefficient (Wildman–Crippen LogP) is 0.181. The third-order valence-corrected chi connectivity index (χ3v) is 2.28. The number of hydroxylamine groups is 2. The van der Waals surface area contributed by atoms with Crippen LogP contribution in [-0.4, -0.2) is 34.9 Å². The second kappa shape index (κ2) is 5.61. The minimum atomic E-state index is -1.17. The maximum absolute atomic E-state index is 11.5. The molecule has 0 aliphatic carbocycles. The number of nitrogens with zero attached hydrogens (tertiary/aromatic N) is 1. The summed E-state index contributed by atoms with van der Waals surface area (Å²) in [4.78, 5) is 49.7. The quantitative estimate of drug-likeness (QED) is 0.527. The molecule has 0 saturated carbocycles. The van der Waals surface area contributed by atoms with E-state index in [1.807, 2.05) is 0 Å². The van der Waals surface area contributed by atoms with E-state index in [2.05, 4.69) is 4.84 Å². The molecule has 100 valence electrons. The van der Waals surface area contributed by atoms with Gasteiger partial charge in [-0.2, -0.15) is 0 Å². The van der Waals surface area contributed by atoms with Crippen LogP contribution in [0.5, 0.6) is 0 Å². The van der Waals surface area contributed by atoms with Crippen LogP contribution in [0.15, 0.2) is 0 Å². The average molecular weight is 257 g/mol. The van der Waals surface area contributed by atoms with Gasteiger partial charge in [0.1, 0.15) is 0 Å². The Bertz CT molecular complexity index is 373. The van der Waals surface area contributed by atoms with Gasteiger partial charge in [0.25, 0.3) is 11.8 Å². The molecule has 0 radical (unpaired) electrons. The van der Waals surface area contributed by atoms with Gasteiger partial charge in [-0.1, -0.05) is 13.8 Å². The summed E-state index contributed by atoms with van der Waals surface area (Å²) in [5.41, 5.74) is 0. The second-order valence-electron chi connectivity index (χ2n) is 4.23. The number of imide groups is 1. The lowest BCUT2D eigenvalue weighted by Crippen LogP contribution is -2.37. The van der Waals surface area contributed by atoms with Crippen molar-refractivity contribution < 1.29 is 28.8 Å². The number of esters is 1. The van der Waals surface area contributed by atoms with Crippen molar-refractivity contribution in [1.82, 2.24) is 5.06 Å². The highest BCUT2D eigenvalue weighted by atomic mass is 16.7. The Balaban J connectivity index is 2.52. The van der Waals surface area contributed by atoms with E-state index in [1.54, 1.807) is 13.8 Å². The zero-order valence-corrected chi connectivity index (χ0v) is 10.5. The molecule has 0 aromatic heterocycles. The van der Waals surface area contributed by atoms with Crippen LogP contribution in [0.4, 0.5) is 0 Å². The lowest BCUT2D eigenvalue weighted by atomic mass is 10.2. The predicted molar refractivity (Wildman–Crippen MR) is 57.6 cm³/mol. The number of hydrogen-bond donors (Lipinski definition) is 0. The molecule has 0 unspecified atom stereocenters. The topological polar surface area (TPSA) is 90.0 Å². The molecule has 7 nitrogen and oxygen atoms in total. The van der Waals surface area contributed by atoms with E-state index in [9.17, 15) is 19.2 Å². The summed E-state index contributed by atoms with van der Waals surface area (Å²) >= 11 is 0. The largest absolute Gasteiger partial charge is 0.450 e. The summed E-state index contributed by atoms with van der Waals surface area (Å²) in [7, 11) is 0. The normalized spacial score (nSPS) is 17.0. The average Bonchev–Trinajstić information content (AvgIpc) is 2.60. The number of carbonyl (C=O) groups is 4. The summed E-state index contributed by atoms with van der Waals surface area (Å²) in [6.45, 7) is 4.55. The van der Waals surface area contributed by atoms with E-state index in [0.29, 0.717) is 5.06 Å². The van der Waals surface area contributed by atoms with E-state index in [1.165, 1.54) is 6.92 Å². The summed E-state index contributed by atoms with van der Waals surface area (Å²) in [5, 5.41) is 0.419. The molecule has 2 amide bonds. The van der Waals surface area contributed by atoms with E-state index in [-0.39, 0.29) is 18.8 Å². The van der Waals surface area contributed by atoms with Gasteiger partial charge in [0, 0.05) is 12.8 Å². The number of rotatable bonds is 4. The van der Waals surface area contributed by atoms with E-state index >= 15 is 0 Å². The van der Waals surface area contributed by atoms with Crippen molar-refractivity contribution in [3.63, 3.8) is 0 Å². The Morgan fingerprint density at radius 1 is 1.06 bits per heavy atom. The fraction of sp³-hybridized carbons (Fsp3) is 0.636. The fourth-order valence-electron chi connectivity index (χ4n) is 1.18. The standard InChI is InChI=1S/C11H15NO6/c1-6(2)10(15)17-7(3)11(16)18-12-8(13)4-5-9(12)14/h6-7H,4-5H2,1-3H3/t7-/m0/s1. The summed E-state index contributed by atoms with van der Waals surface area (Å²) in [6.07, 6.45) is -1.13. The summed E-state index contributed by atoms with van der Waals surface area (Å²) in [5.74, 6) is -3.03. The fourth-order valence-corrected chi connectivity index (χ4v) is 1.18. The highest BCUT2D eigenvalue weighted by Crippen LogP contribution is 2.13. The van der Waals surface area contributed by atoms with Gasteiger partial charge < -0.3 is 9.57 Å². The van der Waals surface area contributed by atoms with Crippen LogP contribution in [0, 0.1) is 5.92 Å². The van der Waals surface area contributed by atoms with Crippen molar-refractivity contribution >= 4 is 23.8 Å². The highest BCUT2D eigenvalue weighted by Gasteiger charge is 2.34. The third kappa shape index (κ3) is 3.28. The van der Waals surface area contributed by atoms with Crippen molar-refractivity contribution in [3.8, 4) is 0 Å². The first-order chi connectivity index (χ1) is 8.32. The minimum Gasteiger partial charge on any atom is -0.450 e. The molecule has 0 bridgehead atoms. The Hall–Kier alpha value is -1.92. The van der Waals surface area contributed by atoms with Crippen LogP contribution in [0.1, 0.15) is 33.6 Å². The molecule has 7 heteroatoms. The lowest BCUT2D eigenvalue weighted by molar-refractivity contribution is -0.205. The first-order valence-electron chi connectivity index (χ1n) is 5.61. The Kier molecular flexibility index (Phi) is 4.41. The molecule has 1 heterocycles. The van der Waals surface area contributed by atoms with Gasteiger partial charge >= 0.3 is 11.9 Å². The zero-order valence-electron chi connectivity index (χ0n) is 10.5. The van der Waals surface area contributed by atoms with Crippen LogP contribution in [-0.2, 0) is 28.8 Å². The molecule has 0 aromatic carbocycles. The molecule has 1 atom stereocenters. The van der Waals surface area contributed by atoms with Crippen LogP contribution in [0.2, 0.25) is 0 Å². The molecule has 0 spiro atoms. The molecule has 1 saturated heterocycles. The number of hydrogen-bond acceptors (Lipinski definition) is 6. The maximum Gasteiger partial charge on any atom is 0.373 e. The first-order valence-corrected chi connectivity index (χ1v) is 5.61. The Morgan fingerprint density at radius 3 is 2.00 bits per heavy atom. The van der Waals surface area contributed by atoms with Gasteiger partial charge in [-0.3, -0.25) is 14.4 Å². The monoisotopic (exact) mass is 257 g/mol. The molecule has 1 aliphatic rings. The van der Waals surface area contributed by atoms with Gasteiger partial charge in [0.05, 0.1) is 5.92 Å². The van der Waals surface area contributed by atoms with Gasteiger partial charge in [-0.15, -0.1) is 5.06 Å². The lowest BCUT2D eigenvalue weighted by Gasteiger charge is -2.17.